The highest BCUT2D eigenvalue weighted by molar-refractivity contribution is 6.05. The lowest BCUT2D eigenvalue weighted by atomic mass is 10.00. The second-order valence-corrected chi connectivity index (χ2v) is 6.98. The summed E-state index contributed by atoms with van der Waals surface area (Å²) in [5.74, 6) is -0.104. The molecule has 0 aliphatic carbocycles. The van der Waals surface area contributed by atoms with Crippen molar-refractivity contribution >= 4 is 22.7 Å². The topological polar surface area (TPSA) is 84.1 Å². The number of hydrogen-bond acceptors (Lipinski definition) is 3. The minimum atomic E-state index is -0.104. The number of nitrogens with two attached hydrogens (primary N) is 1. The number of carbonyl (C=O) groups is 1. The van der Waals surface area contributed by atoms with E-state index in [0.29, 0.717) is 24.3 Å². The number of fused-ring (bicyclic) bond motifs is 1. The van der Waals surface area contributed by atoms with Crippen LogP contribution in [0.5, 0.6) is 0 Å². The molecule has 1 aromatic carbocycles. The molecule has 0 saturated heterocycles. The van der Waals surface area contributed by atoms with Crippen LogP contribution in [0.25, 0.3) is 11.0 Å². The first-order chi connectivity index (χ1) is 13.5. The normalized spacial score (nSPS) is 12.9. The zero-order valence-corrected chi connectivity index (χ0v) is 16.4. The molecule has 5 heteroatoms. The molecule has 0 aliphatic heterocycles. The number of aromatic amines is 1. The van der Waals surface area contributed by atoms with Crippen molar-refractivity contribution in [1.82, 2.24) is 9.97 Å². The SMILES string of the molecule is CC(=NC(=O)CCCc1ccccc1)C(Cc1c[nH]c2ncccc12)=C(C)N. The summed E-state index contributed by atoms with van der Waals surface area (Å²) in [6.07, 6.45) is 6.40. The standard InChI is InChI=1S/C23H26N4O/c1-16(24)21(14-19-15-26-23-20(19)11-7-13-25-23)17(2)27-22(28)12-6-10-18-8-4-3-5-9-18/h3-5,7-9,11,13,15H,6,10,12,14,24H2,1-2H3,(H,25,26). The van der Waals surface area contributed by atoms with E-state index in [2.05, 4.69) is 27.1 Å². The van der Waals surface area contributed by atoms with Crippen LogP contribution in [0.4, 0.5) is 0 Å². The Morgan fingerprint density at radius 1 is 1.14 bits per heavy atom. The van der Waals surface area contributed by atoms with Crippen molar-refractivity contribution in [2.45, 2.75) is 39.5 Å². The Hall–Kier alpha value is -3.21. The van der Waals surface area contributed by atoms with Crippen molar-refractivity contribution in [2.75, 3.05) is 0 Å². The number of carbonyl (C=O) groups excluding carboxylic acids is 1. The van der Waals surface area contributed by atoms with Gasteiger partial charge < -0.3 is 10.7 Å². The number of hydrogen-bond donors (Lipinski definition) is 2. The molecule has 28 heavy (non-hydrogen) atoms. The lowest BCUT2D eigenvalue weighted by molar-refractivity contribution is -0.117. The fourth-order valence-corrected chi connectivity index (χ4v) is 3.30. The van der Waals surface area contributed by atoms with Crippen molar-refractivity contribution < 1.29 is 4.79 Å². The third-order valence-corrected chi connectivity index (χ3v) is 4.81. The number of nitrogens with zero attached hydrogens (tertiary/aromatic N) is 2. The number of allylic oxidation sites excluding steroid dienone is 2. The van der Waals surface area contributed by atoms with Crippen molar-refractivity contribution in [1.29, 1.82) is 0 Å². The van der Waals surface area contributed by atoms with Crippen molar-refractivity contribution in [3.8, 4) is 0 Å². The third-order valence-electron chi connectivity index (χ3n) is 4.81. The molecule has 2 heterocycles. The average Bonchev–Trinajstić information content (AvgIpc) is 3.09. The molecule has 0 radical (unpaired) electrons. The number of aryl methyl sites for hydroxylation is 1. The van der Waals surface area contributed by atoms with Gasteiger partial charge in [-0.25, -0.2) is 9.98 Å². The van der Waals surface area contributed by atoms with Gasteiger partial charge in [0.05, 0.1) is 0 Å². The lowest BCUT2D eigenvalue weighted by Crippen LogP contribution is -2.11. The van der Waals surface area contributed by atoms with Gasteiger partial charge in [0.1, 0.15) is 5.65 Å². The van der Waals surface area contributed by atoms with Crippen LogP contribution in [0.1, 0.15) is 37.8 Å². The first kappa shape index (κ1) is 19.5. The molecular weight excluding hydrogens is 348 g/mol. The van der Waals surface area contributed by atoms with Crippen molar-refractivity contribution in [3.05, 3.63) is 77.3 Å². The molecule has 144 valence electrons. The number of amides is 1. The molecule has 3 aromatic rings. The highest BCUT2D eigenvalue weighted by atomic mass is 16.1. The van der Waals surface area contributed by atoms with Gasteiger partial charge in [-0.2, -0.15) is 0 Å². The maximum absolute atomic E-state index is 12.3. The number of aromatic nitrogens is 2. The fraction of sp³-hybridized carbons (Fsp3) is 0.261. The van der Waals surface area contributed by atoms with Gasteiger partial charge in [0.25, 0.3) is 0 Å². The van der Waals surface area contributed by atoms with E-state index in [1.165, 1.54) is 5.56 Å². The largest absolute Gasteiger partial charge is 0.402 e. The summed E-state index contributed by atoms with van der Waals surface area (Å²) in [4.78, 5) is 24.1. The summed E-state index contributed by atoms with van der Waals surface area (Å²) in [5.41, 5.74) is 11.5. The van der Waals surface area contributed by atoms with E-state index >= 15 is 0 Å². The zero-order chi connectivity index (χ0) is 19.9. The van der Waals surface area contributed by atoms with Gasteiger partial charge in [-0.05, 0) is 55.5 Å². The molecule has 0 atom stereocenters. The highest BCUT2D eigenvalue weighted by Gasteiger charge is 2.12. The lowest BCUT2D eigenvalue weighted by Gasteiger charge is -2.09. The van der Waals surface area contributed by atoms with Crippen LogP contribution in [-0.4, -0.2) is 21.6 Å². The summed E-state index contributed by atoms with van der Waals surface area (Å²) in [6, 6.07) is 14.1. The maximum Gasteiger partial charge on any atom is 0.245 e. The molecule has 0 bridgehead atoms. The van der Waals surface area contributed by atoms with Gasteiger partial charge >= 0.3 is 0 Å². The first-order valence-electron chi connectivity index (χ1n) is 9.53. The smallest absolute Gasteiger partial charge is 0.245 e. The van der Waals surface area contributed by atoms with Crippen molar-refractivity contribution in [3.63, 3.8) is 0 Å². The van der Waals surface area contributed by atoms with E-state index in [9.17, 15) is 4.79 Å². The Balaban J connectivity index is 1.66. The summed E-state index contributed by atoms with van der Waals surface area (Å²) in [7, 11) is 0. The average molecular weight is 374 g/mol. The predicted octanol–water partition coefficient (Wildman–Crippen LogP) is 4.35. The third kappa shape index (κ3) is 4.94. The number of pyridine rings is 1. The maximum atomic E-state index is 12.3. The van der Waals surface area contributed by atoms with Crippen LogP contribution in [-0.2, 0) is 17.6 Å². The van der Waals surface area contributed by atoms with Gasteiger partial charge in [0.15, 0.2) is 0 Å². The van der Waals surface area contributed by atoms with E-state index in [1.54, 1.807) is 6.20 Å². The number of benzene rings is 1. The molecule has 0 fully saturated rings. The Kier molecular flexibility index (Phi) is 6.37. The molecule has 5 nitrogen and oxygen atoms in total. The number of rotatable bonds is 7. The minimum Gasteiger partial charge on any atom is -0.402 e. The Labute approximate surface area is 165 Å². The van der Waals surface area contributed by atoms with Crippen LogP contribution < -0.4 is 5.73 Å². The van der Waals surface area contributed by atoms with E-state index in [-0.39, 0.29) is 5.91 Å². The van der Waals surface area contributed by atoms with Crippen LogP contribution in [0, 0.1) is 0 Å². The minimum absolute atomic E-state index is 0.104. The monoisotopic (exact) mass is 374 g/mol. The predicted molar refractivity (Wildman–Crippen MR) is 114 cm³/mol. The van der Waals surface area contributed by atoms with Gasteiger partial charge in [0, 0.05) is 42.0 Å². The first-order valence-corrected chi connectivity index (χ1v) is 9.53. The molecular formula is C23H26N4O. The summed E-state index contributed by atoms with van der Waals surface area (Å²) < 4.78 is 0. The Morgan fingerprint density at radius 3 is 2.68 bits per heavy atom. The fourth-order valence-electron chi connectivity index (χ4n) is 3.30. The summed E-state index contributed by atoms with van der Waals surface area (Å²) in [5, 5.41) is 1.06. The Morgan fingerprint density at radius 2 is 1.93 bits per heavy atom. The molecule has 2 aromatic heterocycles. The second kappa shape index (κ2) is 9.13. The molecule has 0 spiro atoms. The number of nitrogens with one attached hydrogen (secondary N) is 1. The van der Waals surface area contributed by atoms with Gasteiger partial charge in [0.2, 0.25) is 5.91 Å². The van der Waals surface area contributed by atoms with Crippen molar-refractivity contribution in [2.24, 2.45) is 10.7 Å². The molecule has 0 aliphatic rings. The van der Waals surface area contributed by atoms with E-state index in [0.717, 1.165) is 35.0 Å². The number of H-pyrrole nitrogens is 1. The molecule has 3 rings (SSSR count). The van der Waals surface area contributed by atoms with Gasteiger partial charge in [-0.15, -0.1) is 0 Å². The molecule has 0 saturated carbocycles. The summed E-state index contributed by atoms with van der Waals surface area (Å²) in [6.45, 7) is 3.70. The van der Waals surface area contributed by atoms with E-state index in [4.69, 9.17) is 5.73 Å². The van der Waals surface area contributed by atoms with Crippen LogP contribution in [0.2, 0.25) is 0 Å². The summed E-state index contributed by atoms with van der Waals surface area (Å²) >= 11 is 0. The number of aliphatic imine (C=N–C) groups is 1. The van der Waals surface area contributed by atoms with Gasteiger partial charge in [-0.3, -0.25) is 4.79 Å². The van der Waals surface area contributed by atoms with E-state index in [1.807, 2.05) is 50.4 Å². The molecule has 3 N–H and O–H groups in total. The molecule has 0 unspecified atom stereocenters. The second-order valence-electron chi connectivity index (χ2n) is 6.98. The van der Waals surface area contributed by atoms with Crippen LogP contribution >= 0.6 is 0 Å². The zero-order valence-electron chi connectivity index (χ0n) is 16.4. The molecule has 1 amide bonds. The Bertz CT molecular complexity index is 1010. The van der Waals surface area contributed by atoms with Gasteiger partial charge in [-0.1, -0.05) is 30.3 Å². The highest BCUT2D eigenvalue weighted by Crippen LogP contribution is 2.20. The van der Waals surface area contributed by atoms with Crippen LogP contribution in [0.3, 0.4) is 0 Å². The van der Waals surface area contributed by atoms with E-state index < -0.39 is 0 Å². The van der Waals surface area contributed by atoms with Crippen LogP contribution in [0.15, 0.2) is 71.1 Å². The quantitative estimate of drug-likeness (QED) is 0.603.